The van der Waals surface area contributed by atoms with Crippen LogP contribution in [0.25, 0.3) is 0 Å². The lowest BCUT2D eigenvalue weighted by Gasteiger charge is -2.30. The molecule has 0 aliphatic carbocycles. The molecule has 0 aromatic heterocycles. The number of aryl methyl sites for hydroxylation is 1. The minimum absolute atomic E-state index is 0.0727. The number of carbonyl (C=O) groups is 2. The zero-order valence-corrected chi connectivity index (χ0v) is 19.6. The zero-order chi connectivity index (χ0) is 23.1. The molecule has 0 bridgehead atoms. The Morgan fingerprint density at radius 1 is 1.07 bits per heavy atom. The van der Waals surface area contributed by atoms with Crippen molar-refractivity contribution < 1.29 is 27.5 Å². The van der Waals surface area contributed by atoms with Gasteiger partial charge in [-0.3, -0.25) is 4.79 Å². The number of methoxy groups -OCH3 is 1. The van der Waals surface area contributed by atoms with Crippen molar-refractivity contribution in [3.8, 4) is 0 Å². The summed E-state index contributed by atoms with van der Waals surface area (Å²) in [6.07, 6.45) is -0.496. The summed E-state index contributed by atoms with van der Waals surface area (Å²) in [5.41, 5.74) is 0.204. The molecule has 1 amide bonds. The number of amides is 1. The third-order valence-corrected chi connectivity index (χ3v) is 5.67. The lowest BCUT2D eigenvalue weighted by atomic mass is 9.96. The minimum atomic E-state index is -3.93. The highest BCUT2D eigenvalue weighted by atomic mass is 32.2. The van der Waals surface area contributed by atoms with Crippen molar-refractivity contribution in [2.24, 2.45) is 5.92 Å². The van der Waals surface area contributed by atoms with E-state index in [0.717, 1.165) is 5.56 Å². The summed E-state index contributed by atoms with van der Waals surface area (Å²) in [4.78, 5) is 24.4. The Labute approximate surface area is 179 Å². The second-order valence-corrected chi connectivity index (χ2v) is 10.4. The third-order valence-electron chi connectivity index (χ3n) is 4.17. The first-order valence-electron chi connectivity index (χ1n) is 9.89. The van der Waals surface area contributed by atoms with Crippen LogP contribution in [0.2, 0.25) is 0 Å². The quantitative estimate of drug-likeness (QED) is 0.569. The van der Waals surface area contributed by atoms with Gasteiger partial charge in [0, 0.05) is 6.04 Å². The predicted octanol–water partition coefficient (Wildman–Crippen LogP) is 3.14. The van der Waals surface area contributed by atoms with Gasteiger partial charge in [-0.2, -0.15) is 0 Å². The number of benzene rings is 1. The van der Waals surface area contributed by atoms with E-state index in [9.17, 15) is 18.0 Å². The van der Waals surface area contributed by atoms with Gasteiger partial charge in [-0.05, 0) is 52.2 Å². The maximum absolute atomic E-state index is 12.9. The summed E-state index contributed by atoms with van der Waals surface area (Å²) in [6, 6.07) is 4.76. The van der Waals surface area contributed by atoms with Gasteiger partial charge in [0.05, 0.1) is 24.5 Å². The Balaban J connectivity index is 3.19. The maximum Gasteiger partial charge on any atom is 0.407 e. The molecular formula is C21H34N2O6S. The lowest BCUT2D eigenvalue weighted by molar-refractivity contribution is -0.141. The van der Waals surface area contributed by atoms with E-state index in [1.54, 1.807) is 32.9 Å². The number of hydrogen-bond acceptors (Lipinski definition) is 6. The first kappa shape index (κ1) is 25.9. The normalized spacial score (nSPS) is 14.1. The molecule has 2 atom stereocenters. The third kappa shape index (κ3) is 9.13. The van der Waals surface area contributed by atoms with Crippen molar-refractivity contribution in [2.45, 2.75) is 77.0 Å². The second kappa shape index (κ2) is 10.8. The van der Waals surface area contributed by atoms with Crippen LogP contribution < -0.4 is 10.0 Å². The van der Waals surface area contributed by atoms with Crippen LogP contribution in [0.3, 0.4) is 0 Å². The monoisotopic (exact) mass is 442 g/mol. The van der Waals surface area contributed by atoms with E-state index in [2.05, 4.69) is 10.0 Å². The molecule has 0 heterocycles. The van der Waals surface area contributed by atoms with E-state index in [-0.39, 0.29) is 17.2 Å². The molecule has 0 aliphatic rings. The van der Waals surface area contributed by atoms with Crippen molar-refractivity contribution in [3.63, 3.8) is 0 Å². The Morgan fingerprint density at radius 2 is 1.63 bits per heavy atom. The van der Waals surface area contributed by atoms with Gasteiger partial charge in [-0.25, -0.2) is 17.9 Å². The average Bonchev–Trinajstić information content (AvgIpc) is 2.58. The van der Waals surface area contributed by atoms with Crippen molar-refractivity contribution in [1.82, 2.24) is 10.0 Å². The number of nitrogens with one attached hydrogen (secondary N) is 2. The summed E-state index contributed by atoms with van der Waals surface area (Å²) in [6.45, 7) is 10.9. The van der Waals surface area contributed by atoms with E-state index >= 15 is 0 Å². The smallest absolute Gasteiger partial charge is 0.407 e. The van der Waals surface area contributed by atoms with E-state index in [0.29, 0.717) is 6.42 Å². The molecule has 9 heteroatoms. The van der Waals surface area contributed by atoms with Crippen LogP contribution in [0.1, 0.15) is 53.0 Å². The minimum Gasteiger partial charge on any atom is -0.469 e. The summed E-state index contributed by atoms with van der Waals surface area (Å²) < 4.78 is 38.5. The highest BCUT2D eigenvalue weighted by Gasteiger charge is 2.32. The van der Waals surface area contributed by atoms with Gasteiger partial charge in [0.15, 0.2) is 0 Å². The van der Waals surface area contributed by atoms with Crippen LogP contribution in [-0.2, 0) is 24.3 Å². The molecule has 30 heavy (non-hydrogen) atoms. The van der Waals surface area contributed by atoms with Crippen molar-refractivity contribution >= 4 is 22.1 Å². The number of hydrogen-bond donors (Lipinski definition) is 2. The van der Waals surface area contributed by atoms with Crippen LogP contribution in [0.5, 0.6) is 0 Å². The molecular weight excluding hydrogens is 408 g/mol. The molecule has 0 saturated heterocycles. The Bertz CT molecular complexity index is 813. The van der Waals surface area contributed by atoms with Gasteiger partial charge in [-0.1, -0.05) is 31.5 Å². The van der Waals surface area contributed by atoms with Crippen molar-refractivity contribution in [1.29, 1.82) is 0 Å². The largest absolute Gasteiger partial charge is 0.469 e. The maximum atomic E-state index is 12.9. The Hall–Kier alpha value is -2.13. The molecule has 2 N–H and O–H groups in total. The number of alkyl carbamates (subject to hydrolysis) is 1. The number of rotatable bonds is 9. The van der Waals surface area contributed by atoms with E-state index in [1.165, 1.54) is 19.2 Å². The fourth-order valence-electron chi connectivity index (χ4n) is 2.80. The molecule has 0 unspecified atom stereocenters. The first-order valence-corrected chi connectivity index (χ1v) is 11.4. The molecule has 1 rings (SSSR count). The standard InChI is InChI=1S/C21H34N2O6S/c1-14(2)12-17(22-20(25)29-21(4,5)6)18(13-19(24)28-7)23-30(26,27)16-10-8-15(3)9-11-16/h8-11,14,17-18,23H,12-13H2,1-7H3,(H,22,25)/t17-,18-/m0/s1. The fraction of sp³-hybridized carbons (Fsp3) is 0.619. The summed E-state index contributed by atoms with van der Waals surface area (Å²) in [5, 5.41) is 2.72. The van der Waals surface area contributed by atoms with Crippen molar-refractivity contribution in [3.05, 3.63) is 29.8 Å². The molecule has 8 nitrogen and oxygen atoms in total. The second-order valence-electron chi connectivity index (χ2n) is 8.70. The molecule has 0 radical (unpaired) electrons. The van der Waals surface area contributed by atoms with Gasteiger partial charge < -0.3 is 14.8 Å². The highest BCUT2D eigenvalue weighted by molar-refractivity contribution is 7.89. The van der Waals surface area contributed by atoms with Gasteiger partial charge in [-0.15, -0.1) is 0 Å². The number of carbonyl (C=O) groups excluding carboxylic acids is 2. The molecule has 0 fully saturated rings. The van der Waals surface area contributed by atoms with Crippen molar-refractivity contribution in [2.75, 3.05) is 7.11 Å². The lowest BCUT2D eigenvalue weighted by Crippen LogP contribution is -2.53. The fourth-order valence-corrected chi connectivity index (χ4v) is 4.08. The van der Waals surface area contributed by atoms with Gasteiger partial charge in [0.2, 0.25) is 10.0 Å². The van der Waals surface area contributed by atoms with Crippen LogP contribution >= 0.6 is 0 Å². The highest BCUT2D eigenvalue weighted by Crippen LogP contribution is 2.17. The first-order chi connectivity index (χ1) is 13.7. The van der Waals surface area contributed by atoms with Crippen LogP contribution in [0.15, 0.2) is 29.2 Å². The molecule has 1 aromatic carbocycles. The number of sulfonamides is 1. The van der Waals surface area contributed by atoms with Crippen LogP contribution in [0, 0.1) is 12.8 Å². The molecule has 1 aromatic rings. The van der Waals surface area contributed by atoms with Crippen LogP contribution in [-0.4, -0.2) is 45.3 Å². The van der Waals surface area contributed by atoms with E-state index < -0.39 is 39.8 Å². The molecule has 0 saturated carbocycles. The summed E-state index contributed by atoms with van der Waals surface area (Å²) in [7, 11) is -2.70. The van der Waals surface area contributed by atoms with E-state index in [4.69, 9.17) is 9.47 Å². The molecule has 170 valence electrons. The predicted molar refractivity (Wildman–Crippen MR) is 115 cm³/mol. The SMILES string of the molecule is COC(=O)C[C@H](NS(=O)(=O)c1ccc(C)cc1)[C@H](CC(C)C)NC(=O)OC(C)(C)C. The number of esters is 1. The van der Waals surface area contributed by atoms with Gasteiger partial charge in [0.1, 0.15) is 5.60 Å². The summed E-state index contributed by atoms with van der Waals surface area (Å²) in [5.74, 6) is -0.472. The van der Waals surface area contributed by atoms with E-state index in [1.807, 2.05) is 20.8 Å². The zero-order valence-electron chi connectivity index (χ0n) is 18.8. The summed E-state index contributed by atoms with van der Waals surface area (Å²) >= 11 is 0. The molecule has 0 spiro atoms. The van der Waals surface area contributed by atoms with Gasteiger partial charge >= 0.3 is 12.1 Å². The van der Waals surface area contributed by atoms with Gasteiger partial charge in [0.25, 0.3) is 0 Å². The molecule has 0 aliphatic heterocycles. The van der Waals surface area contributed by atoms with Crippen LogP contribution in [0.4, 0.5) is 4.79 Å². The number of ether oxygens (including phenoxy) is 2. The Morgan fingerprint density at radius 3 is 2.10 bits per heavy atom. The average molecular weight is 443 g/mol. The topological polar surface area (TPSA) is 111 Å². The Kier molecular flexibility index (Phi) is 9.30.